The fraction of sp³-hybridized carbons (Fsp3) is 0.667. The number of nitrogens with zero attached hydrogens (tertiary/aromatic N) is 3. The molecular formula is C12H23N5O6S. The first kappa shape index (κ1) is 20.2. The van der Waals surface area contributed by atoms with E-state index in [4.69, 9.17) is 15.0 Å². The minimum Gasteiger partial charge on any atom is -0.870 e. The van der Waals surface area contributed by atoms with E-state index in [9.17, 15) is 8.42 Å². The zero-order chi connectivity index (χ0) is 16.9. The Labute approximate surface area is 140 Å². The van der Waals surface area contributed by atoms with Crippen molar-refractivity contribution in [3.8, 4) is 0 Å². The van der Waals surface area contributed by atoms with Crippen LogP contribution in [0.3, 0.4) is 0 Å². The Hall–Kier alpha value is -1.89. The van der Waals surface area contributed by atoms with Gasteiger partial charge < -0.3 is 26.2 Å². The van der Waals surface area contributed by atoms with E-state index in [1.807, 2.05) is 11.8 Å². The summed E-state index contributed by atoms with van der Waals surface area (Å²) >= 11 is 0. The molecule has 0 amide bonds. The lowest BCUT2D eigenvalue weighted by Gasteiger charge is -2.26. The summed E-state index contributed by atoms with van der Waals surface area (Å²) in [5.74, 6) is 0.690. The van der Waals surface area contributed by atoms with Crippen molar-refractivity contribution in [3.63, 3.8) is 0 Å². The highest BCUT2D eigenvalue weighted by Crippen LogP contribution is 2.17. The molecule has 0 radical (unpaired) electrons. The summed E-state index contributed by atoms with van der Waals surface area (Å²) in [5, 5.41) is 3.04. The van der Waals surface area contributed by atoms with Crippen molar-refractivity contribution in [3.05, 3.63) is 6.07 Å². The van der Waals surface area contributed by atoms with Crippen LogP contribution in [0.5, 0.6) is 0 Å². The van der Waals surface area contributed by atoms with Crippen molar-refractivity contribution in [1.29, 1.82) is 0 Å². The largest absolute Gasteiger partial charge is 0.870 e. The Balaban J connectivity index is 0.00000288. The summed E-state index contributed by atoms with van der Waals surface area (Å²) in [5.41, 5.74) is 5.79. The number of nitrogens with one attached hydrogen (secondary N) is 1. The molecule has 1 aromatic rings. The molecule has 24 heavy (non-hydrogen) atoms. The van der Waals surface area contributed by atoms with Gasteiger partial charge in [-0.2, -0.15) is 8.42 Å². The van der Waals surface area contributed by atoms with E-state index in [0.29, 0.717) is 44.5 Å². The number of nitrogens with two attached hydrogens (primary N) is 1. The van der Waals surface area contributed by atoms with Gasteiger partial charge in [-0.3, -0.25) is 4.55 Å². The van der Waals surface area contributed by atoms with Crippen molar-refractivity contribution >= 4 is 28.0 Å². The molecule has 1 aliphatic heterocycles. The molecule has 2 rings (SSSR count). The molecule has 0 bridgehead atoms. The van der Waals surface area contributed by atoms with Gasteiger partial charge in [-0.25, -0.2) is 4.28 Å². The Morgan fingerprint density at radius 1 is 1.50 bits per heavy atom. The maximum absolute atomic E-state index is 11.0. The number of hydrogen-bond acceptors (Lipinski definition) is 9. The Morgan fingerprint density at radius 3 is 2.75 bits per heavy atom. The van der Waals surface area contributed by atoms with Gasteiger partial charge in [-0.1, -0.05) is 18.3 Å². The number of rotatable bonds is 7. The molecule has 138 valence electrons. The molecule has 1 aliphatic rings. The van der Waals surface area contributed by atoms with Gasteiger partial charge in [0.05, 0.1) is 19.3 Å². The fourth-order valence-electron chi connectivity index (χ4n) is 2.14. The van der Waals surface area contributed by atoms with Gasteiger partial charge in [-0.05, 0) is 11.2 Å². The first-order valence-corrected chi connectivity index (χ1v) is 8.73. The lowest BCUT2D eigenvalue weighted by Crippen LogP contribution is -2.51. The normalized spacial score (nSPS) is 14.8. The number of unbranched alkanes of at least 4 members (excludes halogenated alkanes) is 1. The molecule has 2 heterocycles. The summed E-state index contributed by atoms with van der Waals surface area (Å²) in [6.07, 6.45) is 1.84. The Morgan fingerprint density at radius 2 is 2.17 bits per heavy atom. The van der Waals surface area contributed by atoms with E-state index in [-0.39, 0.29) is 11.4 Å². The minimum absolute atomic E-state index is 0. The minimum atomic E-state index is -4.72. The topological polar surface area (TPSA) is 161 Å². The van der Waals surface area contributed by atoms with Gasteiger partial charge in [-0.15, -0.1) is 0 Å². The molecule has 0 saturated carbocycles. The highest BCUT2D eigenvalue weighted by molar-refractivity contribution is 7.80. The van der Waals surface area contributed by atoms with Crippen molar-refractivity contribution < 1.29 is 32.2 Å². The molecule has 0 aromatic carbocycles. The quantitative estimate of drug-likeness (QED) is 0.312. The van der Waals surface area contributed by atoms with Gasteiger partial charge in [0, 0.05) is 19.6 Å². The highest BCUT2D eigenvalue weighted by atomic mass is 32.3. The van der Waals surface area contributed by atoms with Crippen molar-refractivity contribution in [1.82, 2.24) is 4.98 Å². The SMILES string of the molecule is CCCCNc1cc(N2CCOCC2)nc(N)[n+]1OS(=O)(=O)O.[OH-]. The first-order chi connectivity index (χ1) is 10.9. The van der Waals surface area contributed by atoms with Crippen molar-refractivity contribution in [2.24, 2.45) is 0 Å². The van der Waals surface area contributed by atoms with E-state index < -0.39 is 10.4 Å². The second kappa shape index (κ2) is 8.82. The van der Waals surface area contributed by atoms with E-state index in [1.54, 1.807) is 6.07 Å². The molecule has 11 nitrogen and oxygen atoms in total. The van der Waals surface area contributed by atoms with Gasteiger partial charge >= 0.3 is 16.3 Å². The van der Waals surface area contributed by atoms with Crippen LogP contribution in [0.2, 0.25) is 0 Å². The van der Waals surface area contributed by atoms with Gasteiger partial charge in [0.1, 0.15) is 0 Å². The number of morpholine rings is 1. The van der Waals surface area contributed by atoms with Crippen LogP contribution in [0, 0.1) is 0 Å². The second-order valence-corrected chi connectivity index (χ2v) is 6.04. The van der Waals surface area contributed by atoms with E-state index in [1.165, 1.54) is 0 Å². The van der Waals surface area contributed by atoms with Gasteiger partial charge in [0.15, 0.2) is 5.82 Å². The second-order valence-electron chi connectivity index (χ2n) is 5.03. The van der Waals surface area contributed by atoms with Crippen LogP contribution in [0.1, 0.15) is 19.8 Å². The summed E-state index contributed by atoms with van der Waals surface area (Å²) < 4.78 is 41.4. The third-order valence-corrected chi connectivity index (χ3v) is 3.60. The highest BCUT2D eigenvalue weighted by Gasteiger charge is 2.24. The molecule has 1 fully saturated rings. The Bertz CT molecular complexity index is 635. The zero-order valence-electron chi connectivity index (χ0n) is 13.4. The standard InChI is InChI=1S/C12H21N5O5S.H2O/c1-2-3-4-14-10-9-11(16-5-7-21-8-6-16)15-12(13)17(10)22-23(18,19)20;/h9H,2-8H2,1H3,(H3,13,14,15,18,19,20);1H2. The van der Waals surface area contributed by atoms with Crippen LogP contribution < -0.4 is 25.0 Å². The number of hydrogen-bond donors (Lipinski definition) is 3. The van der Waals surface area contributed by atoms with E-state index >= 15 is 0 Å². The van der Waals surface area contributed by atoms with Crippen LogP contribution in [0.4, 0.5) is 17.6 Å². The van der Waals surface area contributed by atoms with Crippen LogP contribution in [-0.2, 0) is 15.1 Å². The van der Waals surface area contributed by atoms with Crippen LogP contribution in [-0.4, -0.2) is 56.3 Å². The predicted molar refractivity (Wildman–Crippen MR) is 85.3 cm³/mol. The predicted octanol–water partition coefficient (Wildman–Crippen LogP) is -0.945. The first-order valence-electron chi connectivity index (χ1n) is 7.37. The maximum atomic E-state index is 11.0. The van der Waals surface area contributed by atoms with Crippen LogP contribution >= 0.6 is 0 Å². The monoisotopic (exact) mass is 365 g/mol. The summed E-state index contributed by atoms with van der Waals surface area (Å²) in [4.78, 5) is 6.12. The van der Waals surface area contributed by atoms with Gasteiger partial charge in [0.2, 0.25) is 5.82 Å². The third kappa shape index (κ3) is 5.63. The smallest absolute Gasteiger partial charge is 0.474 e. The average Bonchev–Trinajstić information content (AvgIpc) is 2.50. The number of ether oxygens (including phenoxy) is 1. The number of nitrogen functional groups attached to an aromatic ring is 1. The van der Waals surface area contributed by atoms with Gasteiger partial charge in [0.25, 0.3) is 0 Å². The third-order valence-electron chi connectivity index (χ3n) is 3.26. The zero-order valence-corrected chi connectivity index (χ0v) is 14.2. The molecule has 0 atom stereocenters. The summed E-state index contributed by atoms with van der Waals surface area (Å²) in [7, 11) is -4.72. The van der Waals surface area contributed by atoms with Crippen LogP contribution in [0.15, 0.2) is 6.07 Å². The van der Waals surface area contributed by atoms with Crippen molar-refractivity contribution in [2.45, 2.75) is 19.8 Å². The molecule has 1 aromatic heterocycles. The lowest BCUT2D eigenvalue weighted by atomic mass is 10.3. The number of anilines is 3. The molecule has 1 saturated heterocycles. The molecular weight excluding hydrogens is 342 g/mol. The van der Waals surface area contributed by atoms with E-state index in [0.717, 1.165) is 17.6 Å². The molecule has 5 N–H and O–H groups in total. The van der Waals surface area contributed by atoms with Crippen LogP contribution in [0.25, 0.3) is 0 Å². The average molecular weight is 365 g/mol. The summed E-state index contributed by atoms with van der Waals surface area (Å²) in [6, 6.07) is 1.63. The Kier molecular flexibility index (Phi) is 7.41. The summed E-state index contributed by atoms with van der Waals surface area (Å²) in [6.45, 7) is 5.10. The molecule has 0 unspecified atom stereocenters. The number of aromatic nitrogens is 2. The molecule has 12 heteroatoms. The lowest BCUT2D eigenvalue weighted by molar-refractivity contribution is -0.835. The fourth-order valence-corrected chi connectivity index (χ4v) is 2.49. The maximum Gasteiger partial charge on any atom is 0.474 e. The van der Waals surface area contributed by atoms with E-state index in [2.05, 4.69) is 14.6 Å². The van der Waals surface area contributed by atoms with Crippen molar-refractivity contribution in [2.75, 3.05) is 48.8 Å². The molecule has 0 spiro atoms. The molecule has 0 aliphatic carbocycles.